The maximum Gasteiger partial charge on any atom is 0.245 e. The molecule has 0 amide bonds. The molecule has 1 atom stereocenters. The Hall–Kier alpha value is -3.31. The highest BCUT2D eigenvalue weighted by molar-refractivity contribution is 7.97. The van der Waals surface area contributed by atoms with E-state index in [-0.39, 0.29) is 15.7 Å². The Bertz CT molecular complexity index is 1330. The Labute approximate surface area is 199 Å². The Morgan fingerprint density at radius 2 is 2.06 bits per heavy atom. The fourth-order valence-electron chi connectivity index (χ4n) is 3.31. The van der Waals surface area contributed by atoms with Gasteiger partial charge in [-0.05, 0) is 47.5 Å². The number of methoxy groups -OCH3 is 1. The highest BCUT2D eigenvalue weighted by Crippen LogP contribution is 2.35. The normalized spacial score (nSPS) is 16.3. The second-order valence-electron chi connectivity index (χ2n) is 7.17. The molecule has 166 valence electrons. The first-order valence-electron chi connectivity index (χ1n) is 9.86. The predicted molar refractivity (Wildman–Crippen MR) is 128 cm³/mol. The van der Waals surface area contributed by atoms with E-state index in [1.807, 2.05) is 12.1 Å². The monoisotopic (exact) mass is 480 g/mol. The van der Waals surface area contributed by atoms with Gasteiger partial charge in [0.1, 0.15) is 17.2 Å². The standard InChI is InChI=1S/C25H18ClFN2O3S/c1-29-22-9-7-16(4-3-5-17-10-11-28-24(15-17)32-2)12-19(22)25(30)23(33(29)31)14-18-6-8-20(26)21(27)13-18/h6-15H,5H2,1-2H3/b23-14-. The average molecular weight is 481 g/mol. The van der Waals surface area contributed by atoms with Gasteiger partial charge in [-0.15, -0.1) is 0 Å². The van der Waals surface area contributed by atoms with Gasteiger partial charge in [0.25, 0.3) is 0 Å². The molecular weight excluding hydrogens is 463 g/mol. The zero-order valence-corrected chi connectivity index (χ0v) is 19.3. The van der Waals surface area contributed by atoms with Crippen LogP contribution in [-0.2, 0) is 17.8 Å². The number of pyridine rings is 1. The average Bonchev–Trinajstić information content (AvgIpc) is 2.82. The van der Waals surface area contributed by atoms with E-state index in [1.54, 1.807) is 44.6 Å². The highest BCUT2D eigenvalue weighted by atomic mass is 35.5. The first-order chi connectivity index (χ1) is 15.9. The topological polar surface area (TPSA) is 65.5 Å². The van der Waals surface area contributed by atoms with Crippen LogP contribution < -0.4 is 9.04 Å². The van der Waals surface area contributed by atoms with Gasteiger partial charge >= 0.3 is 0 Å². The maximum absolute atomic E-state index is 13.8. The van der Waals surface area contributed by atoms with Crippen LogP contribution in [0.2, 0.25) is 5.02 Å². The van der Waals surface area contributed by atoms with E-state index in [2.05, 4.69) is 16.8 Å². The molecule has 0 saturated heterocycles. The minimum absolute atomic E-state index is 0.0240. The quantitative estimate of drug-likeness (QED) is 0.305. The summed E-state index contributed by atoms with van der Waals surface area (Å²) >= 11 is 4.00. The molecular formula is C25H18ClFN2O3S. The molecule has 1 aromatic heterocycles. The molecule has 0 bridgehead atoms. The van der Waals surface area contributed by atoms with Crippen molar-refractivity contribution in [3.63, 3.8) is 0 Å². The molecule has 2 heterocycles. The van der Waals surface area contributed by atoms with Gasteiger partial charge < -0.3 is 9.29 Å². The number of carbonyl (C=O) groups excluding carboxylic acids is 1. The maximum atomic E-state index is 13.8. The summed E-state index contributed by atoms with van der Waals surface area (Å²) in [5, 5.41) is -0.0240. The van der Waals surface area contributed by atoms with Crippen molar-refractivity contribution in [2.24, 2.45) is 0 Å². The fourth-order valence-corrected chi connectivity index (χ4v) is 4.56. The van der Waals surface area contributed by atoms with Gasteiger partial charge in [0, 0.05) is 30.3 Å². The van der Waals surface area contributed by atoms with E-state index in [0.717, 1.165) is 5.56 Å². The van der Waals surface area contributed by atoms with Crippen LogP contribution in [0.25, 0.3) is 6.08 Å². The number of hydrogen-bond donors (Lipinski definition) is 0. The molecule has 2 aromatic carbocycles. The lowest BCUT2D eigenvalue weighted by Gasteiger charge is -2.29. The summed E-state index contributed by atoms with van der Waals surface area (Å²) in [4.78, 5) is 17.3. The number of rotatable bonds is 3. The van der Waals surface area contributed by atoms with E-state index in [0.29, 0.717) is 34.7 Å². The van der Waals surface area contributed by atoms with Crippen molar-refractivity contribution < 1.29 is 18.5 Å². The van der Waals surface area contributed by atoms with E-state index >= 15 is 0 Å². The van der Waals surface area contributed by atoms with Gasteiger partial charge in [-0.1, -0.05) is 29.5 Å². The highest BCUT2D eigenvalue weighted by Gasteiger charge is 2.38. The van der Waals surface area contributed by atoms with Crippen LogP contribution in [0.5, 0.6) is 5.88 Å². The molecule has 1 unspecified atom stereocenters. The summed E-state index contributed by atoms with van der Waals surface area (Å²) in [7, 11) is 3.19. The minimum Gasteiger partial charge on any atom is -0.588 e. The third-order valence-electron chi connectivity index (χ3n) is 5.02. The molecule has 0 N–H and O–H groups in total. The van der Waals surface area contributed by atoms with Crippen molar-refractivity contribution in [1.82, 2.24) is 4.98 Å². The molecule has 1 aliphatic rings. The lowest BCUT2D eigenvalue weighted by atomic mass is 10.0. The number of aromatic nitrogens is 1. The number of allylic oxidation sites excluding steroid dienone is 1. The zero-order chi connectivity index (χ0) is 23.5. The number of nitrogens with zero attached hydrogens (tertiary/aromatic N) is 2. The van der Waals surface area contributed by atoms with Crippen molar-refractivity contribution in [2.45, 2.75) is 6.42 Å². The molecule has 0 radical (unpaired) electrons. The third-order valence-corrected chi connectivity index (χ3v) is 6.70. The number of ether oxygens (including phenoxy) is 1. The van der Waals surface area contributed by atoms with Crippen LogP contribution in [0.4, 0.5) is 10.1 Å². The summed E-state index contributed by atoms with van der Waals surface area (Å²) < 4.78 is 33.4. The Morgan fingerprint density at radius 3 is 2.82 bits per heavy atom. The van der Waals surface area contributed by atoms with Crippen LogP contribution in [0, 0.1) is 17.7 Å². The van der Waals surface area contributed by atoms with Crippen molar-refractivity contribution in [3.8, 4) is 17.7 Å². The summed E-state index contributed by atoms with van der Waals surface area (Å²) in [6, 6.07) is 13.0. The minimum atomic E-state index is -1.73. The second-order valence-corrected chi connectivity index (χ2v) is 9.07. The molecule has 3 aromatic rings. The van der Waals surface area contributed by atoms with Crippen LogP contribution in [0.3, 0.4) is 0 Å². The fraction of sp³-hybridized carbons (Fsp3) is 0.120. The lowest BCUT2D eigenvalue weighted by molar-refractivity contribution is 0.104. The molecule has 4 rings (SSSR count). The van der Waals surface area contributed by atoms with Gasteiger partial charge in [0.2, 0.25) is 16.6 Å². The largest absolute Gasteiger partial charge is 0.588 e. The van der Waals surface area contributed by atoms with E-state index in [4.69, 9.17) is 16.3 Å². The molecule has 0 saturated carbocycles. The van der Waals surface area contributed by atoms with E-state index < -0.39 is 17.2 Å². The first kappa shape index (κ1) is 22.9. The summed E-state index contributed by atoms with van der Waals surface area (Å²) in [5.41, 5.74) is 2.94. The SMILES string of the molecule is COc1cc(CC#Cc2ccc3c(c2)C(=O)/C(=C/c2ccc(Cl)c(F)c2)[S+]([O-])N3C)ccn1. The van der Waals surface area contributed by atoms with Gasteiger partial charge in [0.15, 0.2) is 0 Å². The van der Waals surface area contributed by atoms with Gasteiger partial charge in [-0.2, -0.15) is 4.31 Å². The van der Waals surface area contributed by atoms with Crippen molar-refractivity contribution >= 4 is 40.5 Å². The Morgan fingerprint density at radius 1 is 1.24 bits per heavy atom. The van der Waals surface area contributed by atoms with Crippen LogP contribution in [-0.4, -0.2) is 29.5 Å². The predicted octanol–water partition coefficient (Wildman–Crippen LogP) is 4.81. The number of ketones is 1. The van der Waals surface area contributed by atoms with Crippen molar-refractivity contribution in [3.05, 3.63) is 92.7 Å². The molecule has 5 nitrogen and oxygen atoms in total. The first-order valence-corrected chi connectivity index (χ1v) is 11.3. The Balaban J connectivity index is 1.63. The van der Waals surface area contributed by atoms with Gasteiger partial charge in [-0.3, -0.25) is 4.79 Å². The Kier molecular flexibility index (Phi) is 6.70. The zero-order valence-electron chi connectivity index (χ0n) is 17.8. The number of hydrogen-bond acceptors (Lipinski definition) is 5. The van der Waals surface area contributed by atoms with Crippen molar-refractivity contribution in [2.75, 3.05) is 18.5 Å². The lowest BCUT2D eigenvalue weighted by Crippen LogP contribution is -2.36. The molecule has 8 heteroatoms. The number of Topliss-reactive ketones (excluding diaryl/α,β-unsaturated/α-hetero) is 1. The summed E-state index contributed by atoms with van der Waals surface area (Å²) in [5.74, 6) is 5.67. The molecule has 0 aliphatic carbocycles. The molecule has 33 heavy (non-hydrogen) atoms. The molecule has 0 spiro atoms. The van der Waals surface area contributed by atoms with E-state index in [9.17, 15) is 13.7 Å². The number of fused-ring (bicyclic) bond motifs is 1. The number of halogens is 2. The molecule has 0 fully saturated rings. The van der Waals surface area contributed by atoms with Crippen LogP contribution in [0.15, 0.2) is 59.6 Å². The van der Waals surface area contributed by atoms with Gasteiger partial charge in [-0.25, -0.2) is 9.37 Å². The van der Waals surface area contributed by atoms with E-state index in [1.165, 1.54) is 22.5 Å². The molecule has 1 aliphatic heterocycles. The number of benzene rings is 2. The summed E-state index contributed by atoms with van der Waals surface area (Å²) in [6.07, 6.45) is 3.57. The number of carbonyl (C=O) groups is 1. The second kappa shape index (κ2) is 9.67. The number of anilines is 1. The summed E-state index contributed by atoms with van der Waals surface area (Å²) in [6.45, 7) is 0. The van der Waals surface area contributed by atoms with Gasteiger partial charge in [0.05, 0.1) is 30.4 Å². The third kappa shape index (κ3) is 4.88. The van der Waals surface area contributed by atoms with Crippen LogP contribution >= 0.6 is 11.6 Å². The van der Waals surface area contributed by atoms with Crippen molar-refractivity contribution in [1.29, 1.82) is 0 Å². The smallest absolute Gasteiger partial charge is 0.245 e. The van der Waals surface area contributed by atoms with Crippen LogP contribution in [0.1, 0.15) is 27.0 Å².